The number of nitrogens with one attached hydrogen (secondary N) is 1. The number of anilines is 1. The molecule has 5 heteroatoms. The summed E-state index contributed by atoms with van der Waals surface area (Å²) in [5.41, 5.74) is 2.13. The first-order valence-corrected chi connectivity index (χ1v) is 7.40. The maximum absolute atomic E-state index is 12.9. The van der Waals surface area contributed by atoms with Gasteiger partial charge in [0.15, 0.2) is 0 Å². The number of para-hydroxylation sites is 1. The Kier molecular flexibility index (Phi) is 5.46. The van der Waals surface area contributed by atoms with Crippen molar-refractivity contribution >= 4 is 17.5 Å². The molecule has 120 valence electrons. The molecular formula is C18H19FN2O2. The Morgan fingerprint density at radius 1 is 1.09 bits per heavy atom. The lowest BCUT2D eigenvalue weighted by Crippen LogP contribution is -2.35. The Hall–Kier alpha value is -2.69. The molecule has 0 heterocycles. The summed E-state index contributed by atoms with van der Waals surface area (Å²) < 4.78 is 12.9. The Labute approximate surface area is 134 Å². The second kappa shape index (κ2) is 7.54. The van der Waals surface area contributed by atoms with Gasteiger partial charge >= 0.3 is 0 Å². The zero-order chi connectivity index (χ0) is 16.8. The molecule has 0 spiro atoms. The lowest BCUT2D eigenvalue weighted by Gasteiger charge is -2.17. The molecule has 0 fully saturated rings. The molecule has 2 rings (SSSR count). The average Bonchev–Trinajstić information content (AvgIpc) is 2.55. The number of halogens is 1. The molecule has 23 heavy (non-hydrogen) atoms. The topological polar surface area (TPSA) is 49.4 Å². The van der Waals surface area contributed by atoms with Gasteiger partial charge in [-0.2, -0.15) is 0 Å². The minimum atomic E-state index is -0.405. The number of benzene rings is 2. The predicted octanol–water partition coefficient (Wildman–Crippen LogP) is 3.10. The van der Waals surface area contributed by atoms with Gasteiger partial charge in [0, 0.05) is 18.3 Å². The molecule has 0 saturated heterocycles. The van der Waals surface area contributed by atoms with Gasteiger partial charge in [-0.25, -0.2) is 4.39 Å². The third kappa shape index (κ3) is 4.39. The van der Waals surface area contributed by atoms with Crippen LogP contribution >= 0.6 is 0 Å². The molecule has 0 aliphatic carbocycles. The van der Waals surface area contributed by atoms with E-state index in [9.17, 15) is 14.0 Å². The standard InChI is InChI=1S/C18H19FN2O2/c1-3-13-6-4-5-7-16(13)20-17(22)12-21(2)18(23)14-8-10-15(19)11-9-14/h4-11H,3,12H2,1-2H3,(H,20,22). The number of hydrogen-bond acceptors (Lipinski definition) is 2. The Morgan fingerprint density at radius 3 is 2.39 bits per heavy atom. The first-order chi connectivity index (χ1) is 11.0. The van der Waals surface area contributed by atoms with E-state index < -0.39 is 5.82 Å². The Balaban J connectivity index is 1.99. The lowest BCUT2D eigenvalue weighted by molar-refractivity contribution is -0.116. The highest BCUT2D eigenvalue weighted by Gasteiger charge is 2.15. The molecule has 0 unspecified atom stereocenters. The first-order valence-electron chi connectivity index (χ1n) is 7.40. The van der Waals surface area contributed by atoms with Crippen molar-refractivity contribution in [2.75, 3.05) is 18.9 Å². The monoisotopic (exact) mass is 314 g/mol. The highest BCUT2D eigenvalue weighted by Crippen LogP contribution is 2.15. The van der Waals surface area contributed by atoms with Gasteiger partial charge < -0.3 is 10.2 Å². The number of nitrogens with zero attached hydrogens (tertiary/aromatic N) is 1. The molecule has 1 N–H and O–H groups in total. The fraction of sp³-hybridized carbons (Fsp3) is 0.222. The first kappa shape index (κ1) is 16.7. The van der Waals surface area contributed by atoms with E-state index in [1.54, 1.807) is 0 Å². The normalized spacial score (nSPS) is 10.2. The Bertz CT molecular complexity index is 698. The minimum absolute atomic E-state index is 0.0751. The number of amides is 2. The van der Waals surface area contributed by atoms with Gasteiger partial charge in [0.1, 0.15) is 5.82 Å². The smallest absolute Gasteiger partial charge is 0.254 e. The van der Waals surface area contributed by atoms with Crippen LogP contribution in [0.15, 0.2) is 48.5 Å². The molecule has 0 aliphatic rings. The van der Waals surface area contributed by atoms with Crippen LogP contribution < -0.4 is 5.32 Å². The van der Waals surface area contributed by atoms with E-state index in [0.29, 0.717) is 5.56 Å². The van der Waals surface area contributed by atoms with E-state index in [-0.39, 0.29) is 18.4 Å². The van der Waals surface area contributed by atoms with Crippen molar-refractivity contribution in [3.63, 3.8) is 0 Å². The van der Waals surface area contributed by atoms with E-state index in [1.807, 2.05) is 31.2 Å². The summed E-state index contributed by atoms with van der Waals surface area (Å²) in [4.78, 5) is 25.6. The molecule has 0 saturated carbocycles. The summed E-state index contributed by atoms with van der Waals surface area (Å²) in [5.74, 6) is -1.01. The molecule has 0 aromatic heterocycles. The van der Waals surface area contributed by atoms with Crippen molar-refractivity contribution in [3.05, 3.63) is 65.5 Å². The number of likely N-dealkylation sites (N-methyl/N-ethyl adjacent to an activating group) is 1. The van der Waals surface area contributed by atoms with Gasteiger partial charge in [0.25, 0.3) is 5.91 Å². The zero-order valence-electron chi connectivity index (χ0n) is 13.2. The summed E-state index contributed by atoms with van der Waals surface area (Å²) in [6.07, 6.45) is 0.806. The zero-order valence-corrected chi connectivity index (χ0v) is 13.2. The van der Waals surface area contributed by atoms with E-state index in [2.05, 4.69) is 5.32 Å². The number of carbonyl (C=O) groups is 2. The van der Waals surface area contributed by atoms with E-state index in [0.717, 1.165) is 17.7 Å². The van der Waals surface area contributed by atoms with Crippen LogP contribution in [0.5, 0.6) is 0 Å². The molecule has 2 aromatic rings. The van der Waals surface area contributed by atoms with Crippen molar-refractivity contribution in [2.24, 2.45) is 0 Å². The summed E-state index contributed by atoms with van der Waals surface area (Å²) in [7, 11) is 1.54. The third-order valence-electron chi connectivity index (χ3n) is 3.49. The SMILES string of the molecule is CCc1ccccc1NC(=O)CN(C)C(=O)c1ccc(F)cc1. The van der Waals surface area contributed by atoms with Gasteiger partial charge in [-0.3, -0.25) is 9.59 Å². The van der Waals surface area contributed by atoms with Crippen LogP contribution in [0, 0.1) is 5.82 Å². The Morgan fingerprint density at radius 2 is 1.74 bits per heavy atom. The quantitative estimate of drug-likeness (QED) is 0.922. The van der Waals surface area contributed by atoms with Crippen LogP contribution in [0.3, 0.4) is 0 Å². The predicted molar refractivity (Wildman–Crippen MR) is 87.8 cm³/mol. The number of hydrogen-bond donors (Lipinski definition) is 1. The molecule has 0 aliphatic heterocycles. The molecule has 2 amide bonds. The summed E-state index contributed by atoms with van der Waals surface area (Å²) >= 11 is 0. The highest BCUT2D eigenvalue weighted by atomic mass is 19.1. The van der Waals surface area contributed by atoms with Crippen LogP contribution in [0.25, 0.3) is 0 Å². The maximum atomic E-state index is 12.9. The van der Waals surface area contributed by atoms with Gasteiger partial charge in [-0.15, -0.1) is 0 Å². The van der Waals surface area contributed by atoms with Gasteiger partial charge in [-0.05, 0) is 42.3 Å². The molecule has 0 radical (unpaired) electrons. The van der Waals surface area contributed by atoms with Gasteiger partial charge in [-0.1, -0.05) is 25.1 Å². The maximum Gasteiger partial charge on any atom is 0.254 e. The van der Waals surface area contributed by atoms with Crippen LogP contribution in [0.2, 0.25) is 0 Å². The fourth-order valence-corrected chi connectivity index (χ4v) is 2.24. The second-order valence-corrected chi connectivity index (χ2v) is 5.23. The highest BCUT2D eigenvalue weighted by molar-refractivity contribution is 5.99. The van der Waals surface area contributed by atoms with Crippen LogP contribution in [-0.4, -0.2) is 30.3 Å². The molecule has 0 bridgehead atoms. The van der Waals surface area contributed by atoms with Crippen molar-refractivity contribution < 1.29 is 14.0 Å². The van der Waals surface area contributed by atoms with Crippen LogP contribution in [-0.2, 0) is 11.2 Å². The number of carbonyl (C=O) groups excluding carboxylic acids is 2. The second-order valence-electron chi connectivity index (χ2n) is 5.23. The van der Waals surface area contributed by atoms with Gasteiger partial charge in [0.2, 0.25) is 5.91 Å². The van der Waals surface area contributed by atoms with E-state index in [1.165, 1.54) is 36.2 Å². The molecule has 2 aromatic carbocycles. The molecule has 4 nitrogen and oxygen atoms in total. The largest absolute Gasteiger partial charge is 0.332 e. The van der Waals surface area contributed by atoms with Crippen LogP contribution in [0.1, 0.15) is 22.8 Å². The van der Waals surface area contributed by atoms with E-state index >= 15 is 0 Å². The van der Waals surface area contributed by atoms with Crippen molar-refractivity contribution in [3.8, 4) is 0 Å². The molecular weight excluding hydrogens is 295 g/mol. The third-order valence-corrected chi connectivity index (χ3v) is 3.49. The average molecular weight is 314 g/mol. The van der Waals surface area contributed by atoms with E-state index in [4.69, 9.17) is 0 Å². The van der Waals surface area contributed by atoms with Crippen LogP contribution in [0.4, 0.5) is 10.1 Å². The van der Waals surface area contributed by atoms with Crippen molar-refractivity contribution in [1.29, 1.82) is 0 Å². The summed E-state index contributed by atoms with van der Waals surface area (Å²) in [6, 6.07) is 12.8. The lowest BCUT2D eigenvalue weighted by atomic mass is 10.1. The summed E-state index contributed by atoms with van der Waals surface area (Å²) in [6.45, 7) is 1.93. The fourth-order valence-electron chi connectivity index (χ4n) is 2.24. The minimum Gasteiger partial charge on any atom is -0.332 e. The number of aryl methyl sites for hydroxylation is 1. The summed E-state index contributed by atoms with van der Waals surface area (Å²) in [5, 5.41) is 2.81. The molecule has 0 atom stereocenters. The van der Waals surface area contributed by atoms with Crippen molar-refractivity contribution in [2.45, 2.75) is 13.3 Å². The number of rotatable bonds is 5. The van der Waals surface area contributed by atoms with Gasteiger partial charge in [0.05, 0.1) is 6.54 Å². The van der Waals surface area contributed by atoms with Crippen molar-refractivity contribution in [1.82, 2.24) is 4.90 Å².